The number of halogens is 1. The predicted molar refractivity (Wildman–Crippen MR) is 67.3 cm³/mol. The highest BCUT2D eigenvalue weighted by atomic mass is 35.5. The van der Waals surface area contributed by atoms with Crippen molar-refractivity contribution in [2.75, 3.05) is 7.11 Å². The minimum Gasteiger partial charge on any atom is -0.480 e. The molecule has 0 bridgehead atoms. The summed E-state index contributed by atoms with van der Waals surface area (Å²) >= 11 is 6.33. The molecule has 3 nitrogen and oxygen atoms in total. The van der Waals surface area contributed by atoms with Gasteiger partial charge in [0.1, 0.15) is 0 Å². The molecule has 88 valence electrons. The number of nitrogens with zero attached hydrogens (tertiary/aromatic N) is 2. The Hall–Kier alpha value is -1.61. The maximum atomic E-state index is 6.33. The first-order valence-electron chi connectivity index (χ1n) is 5.33. The van der Waals surface area contributed by atoms with Gasteiger partial charge in [-0.15, -0.1) is 11.6 Å². The predicted octanol–water partition coefficient (Wildman–Crippen LogP) is 3.01. The lowest BCUT2D eigenvalue weighted by Gasteiger charge is -2.09. The van der Waals surface area contributed by atoms with E-state index in [9.17, 15) is 0 Å². The molecule has 2 rings (SSSR count). The summed E-state index contributed by atoms with van der Waals surface area (Å²) in [5, 5.41) is -0.0994. The fraction of sp³-hybridized carbons (Fsp3) is 0.231. The smallest absolute Gasteiger partial charge is 0.232 e. The third kappa shape index (κ3) is 3.17. The maximum Gasteiger partial charge on any atom is 0.232 e. The van der Waals surface area contributed by atoms with Crippen LogP contribution in [-0.2, 0) is 6.42 Å². The molecule has 0 aliphatic carbocycles. The number of hydrogen-bond acceptors (Lipinski definition) is 3. The molecule has 0 radical (unpaired) electrons. The maximum absolute atomic E-state index is 6.33. The second kappa shape index (κ2) is 5.64. The SMILES string of the molecule is COc1cncc(CC(Cl)c2ccccc2)n1. The monoisotopic (exact) mass is 248 g/mol. The van der Waals surface area contributed by atoms with Crippen molar-refractivity contribution in [3.63, 3.8) is 0 Å². The lowest BCUT2D eigenvalue weighted by atomic mass is 10.1. The van der Waals surface area contributed by atoms with Gasteiger partial charge in [-0.3, -0.25) is 4.98 Å². The Morgan fingerprint density at radius 2 is 2.00 bits per heavy atom. The second-order valence-electron chi connectivity index (χ2n) is 3.64. The molecule has 1 atom stereocenters. The molecule has 0 saturated heterocycles. The zero-order chi connectivity index (χ0) is 12.1. The summed E-state index contributed by atoms with van der Waals surface area (Å²) in [7, 11) is 1.57. The van der Waals surface area contributed by atoms with Gasteiger partial charge < -0.3 is 4.74 Å². The number of benzene rings is 1. The Labute approximate surface area is 105 Å². The van der Waals surface area contributed by atoms with Gasteiger partial charge in [0.25, 0.3) is 0 Å². The summed E-state index contributed by atoms with van der Waals surface area (Å²) in [4.78, 5) is 8.34. The van der Waals surface area contributed by atoms with Crippen LogP contribution < -0.4 is 4.74 Å². The molecule has 0 amide bonds. The third-order valence-electron chi connectivity index (χ3n) is 2.42. The number of hydrogen-bond donors (Lipinski definition) is 0. The fourth-order valence-corrected chi connectivity index (χ4v) is 1.85. The highest BCUT2D eigenvalue weighted by Crippen LogP contribution is 2.24. The third-order valence-corrected chi connectivity index (χ3v) is 2.83. The standard InChI is InChI=1S/C13H13ClN2O/c1-17-13-9-15-8-11(16-13)7-12(14)10-5-3-2-4-6-10/h2-6,8-9,12H,7H2,1H3. The molecule has 2 aromatic rings. The average Bonchev–Trinajstić information content (AvgIpc) is 2.40. The molecule has 0 aliphatic heterocycles. The van der Waals surface area contributed by atoms with Crippen LogP contribution in [0.5, 0.6) is 5.88 Å². The van der Waals surface area contributed by atoms with Gasteiger partial charge >= 0.3 is 0 Å². The molecule has 0 spiro atoms. The largest absolute Gasteiger partial charge is 0.480 e. The van der Waals surface area contributed by atoms with Gasteiger partial charge in [0.05, 0.1) is 24.4 Å². The lowest BCUT2D eigenvalue weighted by molar-refractivity contribution is 0.393. The van der Waals surface area contributed by atoms with Gasteiger partial charge in [-0.05, 0) is 5.56 Å². The van der Waals surface area contributed by atoms with Crippen LogP contribution in [-0.4, -0.2) is 17.1 Å². The summed E-state index contributed by atoms with van der Waals surface area (Å²) in [5.41, 5.74) is 1.91. The Morgan fingerprint density at radius 3 is 2.71 bits per heavy atom. The van der Waals surface area contributed by atoms with Crippen LogP contribution in [0.4, 0.5) is 0 Å². The molecule has 1 aromatic heterocycles. The van der Waals surface area contributed by atoms with E-state index in [-0.39, 0.29) is 5.38 Å². The van der Waals surface area contributed by atoms with Crippen LogP contribution in [0, 0.1) is 0 Å². The molecule has 0 aliphatic rings. The Morgan fingerprint density at radius 1 is 1.24 bits per heavy atom. The van der Waals surface area contributed by atoms with Crippen molar-refractivity contribution in [1.82, 2.24) is 9.97 Å². The van der Waals surface area contributed by atoms with E-state index in [4.69, 9.17) is 16.3 Å². The number of ether oxygens (including phenoxy) is 1. The van der Waals surface area contributed by atoms with Crippen molar-refractivity contribution in [3.05, 3.63) is 54.0 Å². The Bertz CT molecular complexity index is 476. The van der Waals surface area contributed by atoms with Gasteiger partial charge in [0.2, 0.25) is 5.88 Å². The van der Waals surface area contributed by atoms with Gasteiger partial charge in [0.15, 0.2) is 0 Å². The molecule has 1 heterocycles. The van der Waals surface area contributed by atoms with Crippen molar-refractivity contribution < 1.29 is 4.74 Å². The van der Waals surface area contributed by atoms with E-state index in [0.717, 1.165) is 11.3 Å². The quantitative estimate of drug-likeness (QED) is 0.781. The summed E-state index contributed by atoms with van der Waals surface area (Å²) in [5.74, 6) is 0.513. The van der Waals surface area contributed by atoms with Gasteiger partial charge in [-0.25, -0.2) is 4.98 Å². The van der Waals surface area contributed by atoms with E-state index in [1.807, 2.05) is 30.3 Å². The molecule has 4 heteroatoms. The molecular formula is C13H13ClN2O. The Kier molecular flexibility index (Phi) is 3.94. The molecule has 17 heavy (non-hydrogen) atoms. The zero-order valence-corrected chi connectivity index (χ0v) is 10.3. The van der Waals surface area contributed by atoms with Crippen LogP contribution in [0.25, 0.3) is 0 Å². The van der Waals surface area contributed by atoms with Crippen LogP contribution in [0.2, 0.25) is 0 Å². The second-order valence-corrected chi connectivity index (χ2v) is 4.16. The van der Waals surface area contributed by atoms with Crippen molar-refractivity contribution >= 4 is 11.6 Å². The van der Waals surface area contributed by atoms with E-state index in [2.05, 4.69) is 9.97 Å². The van der Waals surface area contributed by atoms with Crippen LogP contribution in [0.1, 0.15) is 16.6 Å². The molecule has 1 unspecified atom stereocenters. The molecular weight excluding hydrogens is 236 g/mol. The van der Waals surface area contributed by atoms with Crippen LogP contribution >= 0.6 is 11.6 Å². The van der Waals surface area contributed by atoms with E-state index < -0.39 is 0 Å². The topological polar surface area (TPSA) is 35.0 Å². The lowest BCUT2D eigenvalue weighted by Crippen LogP contribution is -2.00. The number of aromatic nitrogens is 2. The van der Waals surface area contributed by atoms with Crippen LogP contribution in [0.15, 0.2) is 42.7 Å². The average molecular weight is 249 g/mol. The van der Waals surface area contributed by atoms with Gasteiger partial charge in [0, 0.05) is 12.6 Å². The van der Waals surface area contributed by atoms with E-state index >= 15 is 0 Å². The molecule has 1 aromatic carbocycles. The Balaban J connectivity index is 2.10. The summed E-state index contributed by atoms with van der Waals surface area (Å²) in [6.45, 7) is 0. The first-order chi connectivity index (χ1) is 8.29. The van der Waals surface area contributed by atoms with Crippen LogP contribution in [0.3, 0.4) is 0 Å². The van der Waals surface area contributed by atoms with E-state index in [1.165, 1.54) is 0 Å². The van der Waals surface area contributed by atoms with Crippen molar-refractivity contribution in [1.29, 1.82) is 0 Å². The fourth-order valence-electron chi connectivity index (χ4n) is 1.55. The minimum atomic E-state index is -0.0994. The van der Waals surface area contributed by atoms with Gasteiger partial charge in [-0.1, -0.05) is 30.3 Å². The van der Waals surface area contributed by atoms with Crippen molar-refractivity contribution in [2.24, 2.45) is 0 Å². The summed E-state index contributed by atoms with van der Waals surface area (Å²) in [6, 6.07) is 9.93. The van der Waals surface area contributed by atoms with E-state index in [0.29, 0.717) is 12.3 Å². The zero-order valence-electron chi connectivity index (χ0n) is 9.51. The number of methoxy groups -OCH3 is 1. The highest BCUT2D eigenvalue weighted by Gasteiger charge is 2.10. The number of rotatable bonds is 4. The number of alkyl halides is 1. The minimum absolute atomic E-state index is 0.0994. The molecule has 0 fully saturated rings. The molecule has 0 saturated carbocycles. The van der Waals surface area contributed by atoms with Crippen molar-refractivity contribution in [2.45, 2.75) is 11.8 Å². The first kappa shape index (κ1) is 11.9. The van der Waals surface area contributed by atoms with Crippen molar-refractivity contribution in [3.8, 4) is 5.88 Å². The van der Waals surface area contributed by atoms with Gasteiger partial charge in [-0.2, -0.15) is 0 Å². The summed E-state index contributed by atoms with van der Waals surface area (Å²) < 4.78 is 5.03. The normalized spacial score (nSPS) is 12.1. The first-order valence-corrected chi connectivity index (χ1v) is 5.77. The highest BCUT2D eigenvalue weighted by molar-refractivity contribution is 6.20. The summed E-state index contributed by atoms with van der Waals surface area (Å²) in [6.07, 6.45) is 3.92. The molecule has 0 N–H and O–H groups in total. The van der Waals surface area contributed by atoms with E-state index in [1.54, 1.807) is 19.5 Å².